The average Bonchev–Trinajstić information content (AvgIpc) is 2.71. The number of anilines is 1. The Bertz CT molecular complexity index is 380. The average molecular weight is 220 g/mol. The van der Waals surface area contributed by atoms with Crippen molar-refractivity contribution < 1.29 is 0 Å². The smallest absolute Gasteiger partial charge is 0.157 e. The number of nitrogens with zero attached hydrogens (tertiary/aromatic N) is 1. The summed E-state index contributed by atoms with van der Waals surface area (Å²) in [7, 11) is 1.82. The van der Waals surface area contributed by atoms with Crippen LogP contribution in [0.5, 0.6) is 0 Å². The van der Waals surface area contributed by atoms with Gasteiger partial charge in [-0.15, -0.1) is 0 Å². The standard InChI is InChI=1S/C12H20N4/c1-5-8(3)7-9(13)11-10(6-2)15-16-12(11)14-4/h7,13H,5-6H2,1-4H3,(H2,14,15,16)/b8-7+,13-9?. The highest BCUT2D eigenvalue weighted by Crippen LogP contribution is 2.18. The third kappa shape index (κ3) is 2.51. The van der Waals surface area contributed by atoms with Crippen molar-refractivity contribution in [2.24, 2.45) is 0 Å². The van der Waals surface area contributed by atoms with Gasteiger partial charge in [-0.05, 0) is 25.8 Å². The summed E-state index contributed by atoms with van der Waals surface area (Å²) >= 11 is 0. The van der Waals surface area contributed by atoms with Crippen molar-refractivity contribution in [3.8, 4) is 0 Å². The number of allylic oxidation sites excluding steroid dienone is 2. The van der Waals surface area contributed by atoms with Crippen molar-refractivity contribution in [3.63, 3.8) is 0 Å². The minimum Gasteiger partial charge on any atom is -0.371 e. The molecule has 0 radical (unpaired) electrons. The Balaban J connectivity index is 3.10. The zero-order chi connectivity index (χ0) is 12.1. The second-order valence-electron chi connectivity index (χ2n) is 3.79. The molecule has 0 aliphatic rings. The highest BCUT2D eigenvalue weighted by Gasteiger charge is 2.13. The molecule has 0 saturated heterocycles. The fourth-order valence-electron chi connectivity index (χ4n) is 1.53. The number of aromatic nitrogens is 2. The van der Waals surface area contributed by atoms with Crippen LogP contribution in [0.15, 0.2) is 11.6 Å². The molecule has 88 valence electrons. The summed E-state index contributed by atoms with van der Waals surface area (Å²) in [5.74, 6) is 0.752. The maximum atomic E-state index is 8.09. The third-order valence-corrected chi connectivity index (χ3v) is 2.65. The molecular weight excluding hydrogens is 200 g/mol. The first-order chi connectivity index (χ1) is 7.63. The molecule has 0 amide bonds. The Morgan fingerprint density at radius 2 is 2.19 bits per heavy atom. The van der Waals surface area contributed by atoms with Gasteiger partial charge in [-0.25, -0.2) is 0 Å². The first-order valence-electron chi connectivity index (χ1n) is 5.65. The molecule has 0 spiro atoms. The van der Waals surface area contributed by atoms with Gasteiger partial charge >= 0.3 is 0 Å². The van der Waals surface area contributed by atoms with Crippen molar-refractivity contribution in [1.29, 1.82) is 5.41 Å². The number of H-pyrrole nitrogens is 1. The number of hydrogen-bond donors (Lipinski definition) is 3. The van der Waals surface area contributed by atoms with E-state index >= 15 is 0 Å². The van der Waals surface area contributed by atoms with Crippen LogP contribution in [-0.4, -0.2) is 23.0 Å². The highest BCUT2D eigenvalue weighted by atomic mass is 15.2. The van der Waals surface area contributed by atoms with Gasteiger partial charge in [-0.2, -0.15) is 5.10 Å². The van der Waals surface area contributed by atoms with Crippen molar-refractivity contribution in [3.05, 3.63) is 22.9 Å². The summed E-state index contributed by atoms with van der Waals surface area (Å²) in [5, 5.41) is 18.2. The van der Waals surface area contributed by atoms with E-state index in [0.29, 0.717) is 5.71 Å². The molecule has 0 aliphatic heterocycles. The molecule has 0 fully saturated rings. The van der Waals surface area contributed by atoms with Crippen molar-refractivity contribution >= 4 is 11.5 Å². The largest absolute Gasteiger partial charge is 0.371 e. The molecular formula is C12H20N4. The lowest BCUT2D eigenvalue weighted by molar-refractivity contribution is 0.973. The van der Waals surface area contributed by atoms with Gasteiger partial charge in [0, 0.05) is 12.7 Å². The molecule has 0 aromatic carbocycles. The fraction of sp³-hybridized carbons (Fsp3) is 0.500. The molecule has 1 heterocycles. The van der Waals surface area contributed by atoms with Crippen LogP contribution in [0.1, 0.15) is 38.4 Å². The highest BCUT2D eigenvalue weighted by molar-refractivity contribution is 6.10. The molecule has 0 atom stereocenters. The SMILES string of the molecule is CC/C(C)=C/C(=N)c1c(NC)n[nH]c1CC. The van der Waals surface area contributed by atoms with E-state index in [-0.39, 0.29) is 0 Å². The summed E-state index contributed by atoms with van der Waals surface area (Å²) in [4.78, 5) is 0. The molecule has 0 aliphatic carbocycles. The first-order valence-corrected chi connectivity index (χ1v) is 5.65. The van der Waals surface area contributed by atoms with E-state index in [1.165, 1.54) is 5.57 Å². The number of hydrogen-bond acceptors (Lipinski definition) is 3. The van der Waals surface area contributed by atoms with E-state index in [4.69, 9.17) is 5.41 Å². The van der Waals surface area contributed by atoms with Crippen LogP contribution in [0, 0.1) is 5.41 Å². The topological polar surface area (TPSA) is 64.6 Å². The molecule has 0 unspecified atom stereocenters. The Kier molecular flexibility index (Phi) is 4.28. The number of rotatable bonds is 5. The minimum atomic E-state index is 0.523. The lowest BCUT2D eigenvalue weighted by Gasteiger charge is -2.04. The lowest BCUT2D eigenvalue weighted by atomic mass is 10.1. The molecule has 0 bridgehead atoms. The number of aryl methyl sites for hydroxylation is 1. The quantitative estimate of drug-likeness (QED) is 0.668. The summed E-state index contributed by atoms with van der Waals surface area (Å²) in [6, 6.07) is 0. The van der Waals surface area contributed by atoms with Crippen molar-refractivity contribution in [2.45, 2.75) is 33.6 Å². The van der Waals surface area contributed by atoms with Crippen LogP contribution in [-0.2, 0) is 6.42 Å². The van der Waals surface area contributed by atoms with Crippen LogP contribution in [0.25, 0.3) is 0 Å². The summed E-state index contributed by atoms with van der Waals surface area (Å²) in [5.41, 5.74) is 3.62. The molecule has 4 heteroatoms. The third-order valence-electron chi connectivity index (χ3n) is 2.65. The zero-order valence-electron chi connectivity index (χ0n) is 10.4. The monoisotopic (exact) mass is 220 g/mol. The van der Waals surface area contributed by atoms with Gasteiger partial charge < -0.3 is 10.7 Å². The normalized spacial score (nSPS) is 11.6. The molecule has 1 rings (SSSR count). The molecule has 0 saturated carbocycles. The second kappa shape index (κ2) is 5.49. The van der Waals surface area contributed by atoms with E-state index in [2.05, 4.69) is 29.4 Å². The van der Waals surface area contributed by atoms with Gasteiger partial charge in [-0.3, -0.25) is 5.10 Å². The van der Waals surface area contributed by atoms with Gasteiger partial charge in [0.05, 0.1) is 11.3 Å². The fourth-order valence-corrected chi connectivity index (χ4v) is 1.53. The van der Waals surface area contributed by atoms with Crippen molar-refractivity contribution in [2.75, 3.05) is 12.4 Å². The lowest BCUT2D eigenvalue weighted by Crippen LogP contribution is -2.03. The van der Waals surface area contributed by atoms with E-state index < -0.39 is 0 Å². The molecule has 1 aromatic rings. The molecule has 1 aromatic heterocycles. The van der Waals surface area contributed by atoms with Gasteiger partial charge in [0.1, 0.15) is 0 Å². The van der Waals surface area contributed by atoms with Crippen LogP contribution in [0.2, 0.25) is 0 Å². The van der Waals surface area contributed by atoms with Crippen LogP contribution < -0.4 is 5.32 Å². The van der Waals surface area contributed by atoms with Crippen LogP contribution >= 0.6 is 0 Å². The molecule has 3 N–H and O–H groups in total. The summed E-state index contributed by atoms with van der Waals surface area (Å²) < 4.78 is 0. The number of nitrogens with one attached hydrogen (secondary N) is 3. The van der Waals surface area contributed by atoms with Crippen molar-refractivity contribution in [1.82, 2.24) is 10.2 Å². The van der Waals surface area contributed by atoms with Crippen LogP contribution in [0.3, 0.4) is 0 Å². The maximum absolute atomic E-state index is 8.09. The van der Waals surface area contributed by atoms with Gasteiger partial charge in [0.15, 0.2) is 5.82 Å². The maximum Gasteiger partial charge on any atom is 0.157 e. The van der Waals surface area contributed by atoms with Gasteiger partial charge in [-0.1, -0.05) is 19.4 Å². The Hall–Kier alpha value is -1.58. The summed E-state index contributed by atoms with van der Waals surface area (Å²) in [6.07, 6.45) is 3.73. The Labute approximate surface area is 96.7 Å². The van der Waals surface area contributed by atoms with E-state index in [9.17, 15) is 0 Å². The van der Waals surface area contributed by atoms with Crippen LogP contribution in [0.4, 0.5) is 5.82 Å². The van der Waals surface area contributed by atoms with E-state index in [1.54, 1.807) is 0 Å². The predicted molar refractivity (Wildman–Crippen MR) is 68.4 cm³/mol. The van der Waals surface area contributed by atoms with Gasteiger partial charge in [0.25, 0.3) is 0 Å². The first kappa shape index (κ1) is 12.5. The van der Waals surface area contributed by atoms with E-state index in [1.807, 2.05) is 20.0 Å². The Morgan fingerprint density at radius 1 is 1.50 bits per heavy atom. The second-order valence-corrected chi connectivity index (χ2v) is 3.79. The van der Waals surface area contributed by atoms with E-state index in [0.717, 1.165) is 29.9 Å². The summed E-state index contributed by atoms with van der Waals surface area (Å²) in [6.45, 7) is 6.19. The zero-order valence-corrected chi connectivity index (χ0v) is 10.4. The number of aromatic amines is 1. The predicted octanol–water partition coefficient (Wildman–Crippen LogP) is 2.74. The minimum absolute atomic E-state index is 0.523. The molecule has 16 heavy (non-hydrogen) atoms. The Morgan fingerprint density at radius 3 is 2.69 bits per heavy atom. The molecule has 4 nitrogen and oxygen atoms in total. The van der Waals surface area contributed by atoms with Gasteiger partial charge in [0.2, 0.25) is 0 Å².